The van der Waals surface area contributed by atoms with Crippen LogP contribution in [0.2, 0.25) is 10.0 Å². The summed E-state index contributed by atoms with van der Waals surface area (Å²) in [5, 5.41) is 13.3. The number of carbonyl (C=O) groups is 1. The number of aryl methyl sites for hydroxylation is 2. The van der Waals surface area contributed by atoms with Gasteiger partial charge in [0.1, 0.15) is 5.82 Å². The number of amides is 1. The second-order valence-corrected chi connectivity index (χ2v) is 8.32. The Kier molecular flexibility index (Phi) is 5.45. The van der Waals surface area contributed by atoms with Crippen molar-refractivity contribution in [3.63, 3.8) is 0 Å². The van der Waals surface area contributed by atoms with Crippen LogP contribution in [-0.2, 0) is 10.4 Å². The number of benzene rings is 2. The van der Waals surface area contributed by atoms with Crippen molar-refractivity contribution >= 4 is 40.8 Å². The smallest absolute Gasteiger partial charge is 0.258 e. The van der Waals surface area contributed by atoms with Crippen molar-refractivity contribution in [1.29, 1.82) is 0 Å². The van der Waals surface area contributed by atoms with E-state index in [9.17, 15) is 9.18 Å². The van der Waals surface area contributed by atoms with Crippen molar-refractivity contribution in [2.75, 3.05) is 5.32 Å². The Hall–Kier alpha value is -2.97. The lowest BCUT2D eigenvalue weighted by atomic mass is 9.88. The summed E-state index contributed by atoms with van der Waals surface area (Å²) in [6, 6.07) is 8.36. The minimum atomic E-state index is -0.843. The number of carbonyl (C=O) groups excluding carboxylic acids is 1. The number of oxime groups is 1. The van der Waals surface area contributed by atoms with Crippen LogP contribution >= 0.6 is 23.2 Å². The third-order valence-electron chi connectivity index (χ3n) is 5.09. The average Bonchev–Trinajstić information content (AvgIpc) is 3.32. The topological polar surface area (TPSA) is 92.3 Å². The van der Waals surface area contributed by atoms with Gasteiger partial charge in [-0.2, -0.15) is 10.1 Å². The molecule has 0 saturated heterocycles. The molecule has 0 saturated carbocycles. The fourth-order valence-electron chi connectivity index (χ4n) is 3.38. The van der Waals surface area contributed by atoms with E-state index in [1.54, 1.807) is 19.1 Å². The molecular formula is C21H18Cl2FN5O2. The van der Waals surface area contributed by atoms with Gasteiger partial charge in [-0.1, -0.05) is 34.4 Å². The SMILES string of the molecule is Cc1n[nH]c(NC(=O)c2ccc(C3=NOC(C)(c4cc(Cl)c(F)c(Cl)c4)C3)cc2C)n1. The Morgan fingerprint density at radius 3 is 2.55 bits per heavy atom. The summed E-state index contributed by atoms with van der Waals surface area (Å²) < 4.78 is 13.8. The number of anilines is 1. The first-order valence-corrected chi connectivity index (χ1v) is 10.1. The predicted molar refractivity (Wildman–Crippen MR) is 116 cm³/mol. The molecule has 0 spiro atoms. The zero-order chi connectivity index (χ0) is 22.3. The highest BCUT2D eigenvalue weighted by Gasteiger charge is 2.37. The Morgan fingerprint density at radius 2 is 1.94 bits per heavy atom. The van der Waals surface area contributed by atoms with Crippen molar-refractivity contribution in [2.24, 2.45) is 5.16 Å². The summed E-state index contributed by atoms with van der Waals surface area (Å²) >= 11 is 11.9. The first kappa shape index (κ1) is 21.3. The van der Waals surface area contributed by atoms with Crippen LogP contribution in [0, 0.1) is 19.7 Å². The third-order valence-corrected chi connectivity index (χ3v) is 5.64. The zero-order valence-electron chi connectivity index (χ0n) is 16.9. The highest BCUT2D eigenvalue weighted by Crippen LogP contribution is 2.39. The highest BCUT2D eigenvalue weighted by atomic mass is 35.5. The van der Waals surface area contributed by atoms with Crippen LogP contribution in [0.4, 0.5) is 10.3 Å². The van der Waals surface area contributed by atoms with E-state index in [0.29, 0.717) is 29.1 Å². The first-order valence-electron chi connectivity index (χ1n) is 9.38. The molecule has 160 valence electrons. The van der Waals surface area contributed by atoms with Crippen molar-refractivity contribution < 1.29 is 14.0 Å². The molecule has 1 atom stereocenters. The molecule has 2 aromatic carbocycles. The average molecular weight is 462 g/mol. The number of hydrogen-bond donors (Lipinski definition) is 2. The number of nitrogens with one attached hydrogen (secondary N) is 2. The molecule has 2 N–H and O–H groups in total. The molecule has 1 aliphatic rings. The van der Waals surface area contributed by atoms with Crippen LogP contribution in [-0.4, -0.2) is 26.8 Å². The zero-order valence-corrected chi connectivity index (χ0v) is 18.4. The number of H-pyrrole nitrogens is 1. The second-order valence-electron chi connectivity index (χ2n) is 7.51. The molecular weight excluding hydrogens is 444 g/mol. The minimum Gasteiger partial charge on any atom is -0.384 e. The van der Waals surface area contributed by atoms with Gasteiger partial charge in [-0.3, -0.25) is 10.1 Å². The molecule has 31 heavy (non-hydrogen) atoms. The fourth-order valence-corrected chi connectivity index (χ4v) is 3.87. The van der Waals surface area contributed by atoms with E-state index in [4.69, 9.17) is 28.0 Å². The fraction of sp³-hybridized carbons (Fsp3) is 0.238. The Balaban J connectivity index is 1.53. The Bertz CT molecular complexity index is 1200. The molecule has 10 heteroatoms. The standard InChI is InChI=1S/C21H18Cl2FN5O2/c1-10-6-12(4-5-14(10)19(30)26-20-25-11(2)27-28-20)17-9-21(3,31-29-17)13-7-15(22)18(24)16(23)8-13/h4-8H,9H2,1-3H3,(H2,25,26,27,28,30). The van der Waals surface area contributed by atoms with Crippen molar-refractivity contribution in [1.82, 2.24) is 15.2 Å². The summed E-state index contributed by atoms with van der Waals surface area (Å²) in [5.41, 5.74) is 2.54. The van der Waals surface area contributed by atoms with Crippen LogP contribution in [0.5, 0.6) is 0 Å². The van der Waals surface area contributed by atoms with Gasteiger partial charge >= 0.3 is 0 Å². The van der Waals surface area contributed by atoms with Gasteiger partial charge in [0, 0.05) is 17.5 Å². The maximum Gasteiger partial charge on any atom is 0.258 e. The van der Waals surface area contributed by atoms with E-state index >= 15 is 0 Å². The van der Waals surface area contributed by atoms with Crippen molar-refractivity contribution in [2.45, 2.75) is 32.8 Å². The lowest BCUT2D eigenvalue weighted by Gasteiger charge is -2.22. The van der Waals surface area contributed by atoms with Crippen LogP contribution in [0.25, 0.3) is 0 Å². The van der Waals surface area contributed by atoms with Gasteiger partial charge in [-0.25, -0.2) is 9.49 Å². The van der Waals surface area contributed by atoms with E-state index in [-0.39, 0.29) is 21.9 Å². The van der Waals surface area contributed by atoms with Crippen LogP contribution in [0.15, 0.2) is 35.5 Å². The highest BCUT2D eigenvalue weighted by molar-refractivity contribution is 6.35. The molecule has 7 nitrogen and oxygen atoms in total. The molecule has 1 aliphatic heterocycles. The lowest BCUT2D eigenvalue weighted by molar-refractivity contribution is -0.00741. The maximum atomic E-state index is 13.8. The number of hydrogen-bond acceptors (Lipinski definition) is 5. The normalized spacial score (nSPS) is 17.9. The van der Waals surface area contributed by atoms with Crippen LogP contribution in [0.1, 0.15) is 46.2 Å². The molecule has 1 amide bonds. The maximum absolute atomic E-state index is 13.8. The quantitative estimate of drug-likeness (QED) is 0.524. The van der Waals surface area contributed by atoms with Gasteiger partial charge in [0.25, 0.3) is 5.91 Å². The first-order chi connectivity index (χ1) is 14.7. The summed E-state index contributed by atoms with van der Waals surface area (Å²) in [4.78, 5) is 22.3. The molecule has 1 aromatic heterocycles. The number of rotatable bonds is 4. The molecule has 1 unspecified atom stereocenters. The second kappa shape index (κ2) is 7.94. The lowest BCUT2D eigenvalue weighted by Crippen LogP contribution is -2.22. The molecule has 0 fully saturated rings. The molecule has 0 aliphatic carbocycles. The largest absolute Gasteiger partial charge is 0.384 e. The molecule has 0 radical (unpaired) electrons. The molecule has 3 aromatic rings. The number of halogens is 3. The summed E-state index contributed by atoms with van der Waals surface area (Å²) in [6.07, 6.45) is 0.424. The summed E-state index contributed by atoms with van der Waals surface area (Å²) in [5.74, 6) is -0.148. The van der Waals surface area contributed by atoms with Gasteiger partial charge < -0.3 is 4.84 Å². The van der Waals surface area contributed by atoms with Gasteiger partial charge in [0.15, 0.2) is 11.4 Å². The molecule has 2 heterocycles. The third kappa shape index (κ3) is 4.13. The predicted octanol–water partition coefficient (Wildman–Crippen LogP) is 5.16. The van der Waals surface area contributed by atoms with E-state index in [1.165, 1.54) is 12.1 Å². The summed E-state index contributed by atoms with van der Waals surface area (Å²) in [7, 11) is 0. The van der Waals surface area contributed by atoms with E-state index in [0.717, 1.165) is 11.1 Å². The van der Waals surface area contributed by atoms with Gasteiger partial charge in [-0.15, -0.1) is 0 Å². The van der Waals surface area contributed by atoms with E-state index < -0.39 is 11.4 Å². The summed E-state index contributed by atoms with van der Waals surface area (Å²) in [6.45, 7) is 5.38. The number of aromatic nitrogens is 3. The van der Waals surface area contributed by atoms with E-state index in [1.807, 2.05) is 19.9 Å². The van der Waals surface area contributed by atoms with Gasteiger partial charge in [-0.05, 0) is 56.2 Å². The minimum absolute atomic E-state index is 0.0751. The van der Waals surface area contributed by atoms with Gasteiger partial charge in [0.2, 0.25) is 5.95 Å². The van der Waals surface area contributed by atoms with Crippen LogP contribution in [0.3, 0.4) is 0 Å². The van der Waals surface area contributed by atoms with Crippen molar-refractivity contribution in [3.8, 4) is 0 Å². The van der Waals surface area contributed by atoms with E-state index in [2.05, 4.69) is 25.7 Å². The van der Waals surface area contributed by atoms with Gasteiger partial charge in [0.05, 0.1) is 15.8 Å². The van der Waals surface area contributed by atoms with Crippen LogP contribution < -0.4 is 5.32 Å². The monoisotopic (exact) mass is 461 g/mol. The molecule has 0 bridgehead atoms. The molecule has 4 rings (SSSR count). The number of aromatic amines is 1. The Labute approximate surface area is 187 Å². The Morgan fingerprint density at radius 1 is 1.23 bits per heavy atom. The van der Waals surface area contributed by atoms with Crippen molar-refractivity contribution in [3.05, 3.63) is 74.3 Å². The number of nitrogens with zero attached hydrogens (tertiary/aromatic N) is 3.